The van der Waals surface area contributed by atoms with Crippen molar-refractivity contribution in [3.63, 3.8) is 0 Å². The minimum Gasteiger partial charge on any atom is -0.394 e. The van der Waals surface area contributed by atoms with Crippen LogP contribution in [0.2, 0.25) is 0 Å². The van der Waals surface area contributed by atoms with Gasteiger partial charge in [0.15, 0.2) is 5.82 Å². The number of rotatable bonds is 5. The summed E-state index contributed by atoms with van der Waals surface area (Å²) in [6.45, 7) is 2.72. The molecule has 6 rings (SSSR count). The first kappa shape index (κ1) is 21.1. The van der Waals surface area contributed by atoms with Gasteiger partial charge in [0.05, 0.1) is 12.6 Å². The van der Waals surface area contributed by atoms with Crippen molar-refractivity contribution in [2.75, 3.05) is 36.5 Å². The van der Waals surface area contributed by atoms with Gasteiger partial charge in [-0.15, -0.1) is 0 Å². The Morgan fingerprint density at radius 1 is 1.03 bits per heavy atom. The van der Waals surface area contributed by atoms with Crippen LogP contribution in [-0.2, 0) is 6.42 Å². The van der Waals surface area contributed by atoms with Crippen LogP contribution in [0.3, 0.4) is 0 Å². The van der Waals surface area contributed by atoms with E-state index in [-0.39, 0.29) is 12.6 Å². The standard InChI is InChI=1S/C26H29N7O/c34-16-23-21-4-2-1-3-17(21)10-14-33(23)26-31-24(19-6-5-18-7-13-28-22(18)15-19)30-25(32-26)29-20-8-11-27-12-9-20/h1-7,13,15,20,23,27-28,34H,8-12,14,16H2,(H,29,30,31,32)/t23-/m0/s1. The highest BCUT2D eigenvalue weighted by Gasteiger charge is 2.29. The molecule has 0 bridgehead atoms. The summed E-state index contributed by atoms with van der Waals surface area (Å²) < 4.78 is 0. The zero-order valence-corrected chi connectivity index (χ0v) is 19.0. The van der Waals surface area contributed by atoms with Crippen molar-refractivity contribution in [2.45, 2.75) is 31.3 Å². The van der Waals surface area contributed by atoms with Crippen molar-refractivity contribution in [3.8, 4) is 11.4 Å². The zero-order chi connectivity index (χ0) is 22.9. The molecule has 174 valence electrons. The van der Waals surface area contributed by atoms with Crippen molar-refractivity contribution in [1.29, 1.82) is 0 Å². The minimum absolute atomic E-state index is 0.00349. The van der Waals surface area contributed by atoms with Gasteiger partial charge in [-0.05, 0) is 61.0 Å². The molecule has 34 heavy (non-hydrogen) atoms. The first-order valence-electron chi connectivity index (χ1n) is 12.0. The van der Waals surface area contributed by atoms with E-state index in [1.165, 1.54) is 5.56 Å². The Kier molecular flexibility index (Phi) is 5.60. The molecule has 1 saturated heterocycles. The lowest BCUT2D eigenvalue weighted by Crippen LogP contribution is -2.39. The third-order valence-electron chi connectivity index (χ3n) is 6.95. The van der Waals surface area contributed by atoms with E-state index in [0.717, 1.165) is 60.9 Å². The molecule has 2 aromatic carbocycles. The lowest BCUT2D eigenvalue weighted by atomic mass is 9.93. The fourth-order valence-electron chi connectivity index (χ4n) is 5.11. The number of hydrogen-bond donors (Lipinski definition) is 4. The van der Waals surface area contributed by atoms with Gasteiger partial charge in [-0.1, -0.05) is 36.4 Å². The highest BCUT2D eigenvalue weighted by atomic mass is 16.3. The maximum Gasteiger partial charge on any atom is 0.231 e. The highest BCUT2D eigenvalue weighted by Crippen LogP contribution is 2.33. The number of anilines is 2. The Hall–Kier alpha value is -3.49. The lowest BCUT2D eigenvalue weighted by molar-refractivity contribution is 0.256. The molecule has 4 N–H and O–H groups in total. The van der Waals surface area contributed by atoms with Crippen LogP contribution in [0.25, 0.3) is 22.3 Å². The van der Waals surface area contributed by atoms with Crippen molar-refractivity contribution >= 4 is 22.8 Å². The summed E-state index contributed by atoms with van der Waals surface area (Å²) in [5, 5.41) is 18.5. The number of nitrogens with one attached hydrogen (secondary N) is 3. The molecule has 0 radical (unpaired) electrons. The largest absolute Gasteiger partial charge is 0.394 e. The predicted molar refractivity (Wildman–Crippen MR) is 134 cm³/mol. The Balaban J connectivity index is 1.41. The topological polar surface area (TPSA) is 102 Å². The molecule has 0 spiro atoms. The van der Waals surface area contributed by atoms with Gasteiger partial charge in [0.2, 0.25) is 11.9 Å². The van der Waals surface area contributed by atoms with Crippen LogP contribution in [0.1, 0.15) is 30.0 Å². The predicted octanol–water partition coefficient (Wildman–Crippen LogP) is 3.28. The molecule has 8 nitrogen and oxygen atoms in total. The van der Waals surface area contributed by atoms with Gasteiger partial charge in [-0.25, -0.2) is 0 Å². The molecule has 2 aromatic heterocycles. The Bertz CT molecular complexity index is 1300. The number of aliphatic hydroxyl groups excluding tert-OH is 1. The Morgan fingerprint density at radius 2 is 1.91 bits per heavy atom. The first-order valence-corrected chi connectivity index (χ1v) is 12.0. The third-order valence-corrected chi connectivity index (χ3v) is 6.95. The van der Waals surface area contributed by atoms with Crippen LogP contribution in [0.4, 0.5) is 11.9 Å². The summed E-state index contributed by atoms with van der Waals surface area (Å²) in [7, 11) is 0. The van der Waals surface area contributed by atoms with Crippen LogP contribution in [-0.4, -0.2) is 57.3 Å². The van der Waals surface area contributed by atoms with Crippen molar-refractivity contribution in [2.24, 2.45) is 0 Å². The molecule has 1 atom stereocenters. The van der Waals surface area contributed by atoms with Crippen molar-refractivity contribution in [3.05, 3.63) is 65.9 Å². The molecular weight excluding hydrogens is 426 g/mol. The molecule has 8 heteroatoms. The summed E-state index contributed by atoms with van der Waals surface area (Å²) in [4.78, 5) is 20.0. The van der Waals surface area contributed by atoms with E-state index in [9.17, 15) is 5.11 Å². The van der Waals surface area contributed by atoms with Crippen molar-refractivity contribution in [1.82, 2.24) is 25.3 Å². The molecule has 4 aromatic rings. The summed E-state index contributed by atoms with van der Waals surface area (Å²) in [5.41, 5.74) is 4.40. The van der Waals surface area contributed by atoms with Crippen LogP contribution < -0.4 is 15.5 Å². The fourth-order valence-corrected chi connectivity index (χ4v) is 5.11. The number of aromatic amines is 1. The molecule has 0 amide bonds. The van der Waals surface area contributed by atoms with E-state index in [2.05, 4.69) is 63.0 Å². The van der Waals surface area contributed by atoms with E-state index in [1.807, 2.05) is 12.3 Å². The van der Waals surface area contributed by atoms with E-state index in [4.69, 9.17) is 15.0 Å². The minimum atomic E-state index is -0.183. The second-order valence-electron chi connectivity index (χ2n) is 9.07. The number of fused-ring (bicyclic) bond motifs is 2. The normalized spacial score (nSPS) is 18.7. The van der Waals surface area contributed by atoms with Crippen LogP contribution >= 0.6 is 0 Å². The SMILES string of the molecule is OC[C@H]1c2ccccc2CCN1c1nc(NC2CCNCC2)nc(-c2ccc3cc[nH]c3c2)n1. The molecule has 2 aliphatic rings. The van der Waals surface area contributed by atoms with Gasteiger partial charge >= 0.3 is 0 Å². The number of nitrogens with zero attached hydrogens (tertiary/aromatic N) is 4. The molecule has 0 saturated carbocycles. The van der Waals surface area contributed by atoms with E-state index in [1.54, 1.807) is 0 Å². The molecule has 4 heterocycles. The van der Waals surface area contributed by atoms with Gasteiger partial charge in [0.25, 0.3) is 0 Å². The summed E-state index contributed by atoms with van der Waals surface area (Å²) in [6.07, 6.45) is 4.88. The van der Waals surface area contributed by atoms with E-state index < -0.39 is 0 Å². The van der Waals surface area contributed by atoms with Gasteiger partial charge in [0, 0.05) is 29.9 Å². The number of piperidine rings is 1. The molecule has 0 aliphatic carbocycles. The molecule has 2 aliphatic heterocycles. The molecule has 0 unspecified atom stereocenters. The quantitative estimate of drug-likeness (QED) is 0.366. The van der Waals surface area contributed by atoms with Gasteiger partial charge < -0.3 is 25.6 Å². The Labute approximate surface area is 198 Å². The van der Waals surface area contributed by atoms with Gasteiger partial charge in [-0.3, -0.25) is 0 Å². The van der Waals surface area contributed by atoms with Gasteiger partial charge in [0.1, 0.15) is 0 Å². The third kappa shape index (κ3) is 3.99. The first-order chi connectivity index (χ1) is 16.8. The van der Waals surface area contributed by atoms with Crippen LogP contribution in [0.5, 0.6) is 0 Å². The highest BCUT2D eigenvalue weighted by molar-refractivity contribution is 5.83. The number of aliphatic hydroxyl groups is 1. The lowest BCUT2D eigenvalue weighted by Gasteiger charge is -2.36. The van der Waals surface area contributed by atoms with E-state index >= 15 is 0 Å². The average Bonchev–Trinajstić information content (AvgIpc) is 3.36. The monoisotopic (exact) mass is 455 g/mol. The number of benzene rings is 2. The molecular formula is C26H29N7O. The number of H-pyrrole nitrogens is 1. The summed E-state index contributed by atoms with van der Waals surface area (Å²) >= 11 is 0. The smallest absolute Gasteiger partial charge is 0.231 e. The fraction of sp³-hybridized carbons (Fsp3) is 0.346. The van der Waals surface area contributed by atoms with Gasteiger partial charge in [-0.2, -0.15) is 15.0 Å². The number of aromatic nitrogens is 4. The zero-order valence-electron chi connectivity index (χ0n) is 19.0. The van der Waals surface area contributed by atoms with Crippen molar-refractivity contribution < 1.29 is 5.11 Å². The summed E-state index contributed by atoms with van der Waals surface area (Å²) in [5.74, 6) is 1.82. The maximum absolute atomic E-state index is 10.3. The second kappa shape index (κ2) is 9.04. The Morgan fingerprint density at radius 3 is 2.79 bits per heavy atom. The van der Waals surface area contributed by atoms with E-state index in [0.29, 0.717) is 23.8 Å². The van der Waals surface area contributed by atoms with Crippen LogP contribution in [0, 0.1) is 0 Å². The average molecular weight is 456 g/mol. The number of hydrogen-bond acceptors (Lipinski definition) is 7. The second-order valence-corrected chi connectivity index (χ2v) is 9.07. The summed E-state index contributed by atoms with van der Waals surface area (Å²) in [6, 6.07) is 16.7. The van der Waals surface area contributed by atoms with Crippen LogP contribution in [0.15, 0.2) is 54.7 Å². The maximum atomic E-state index is 10.3. The molecule has 1 fully saturated rings.